The fourth-order valence-corrected chi connectivity index (χ4v) is 2.15. The van der Waals surface area contributed by atoms with Gasteiger partial charge in [0, 0.05) is 26.2 Å². The molecule has 0 aromatic carbocycles. The molecule has 1 saturated heterocycles. The van der Waals surface area contributed by atoms with Gasteiger partial charge in [0.2, 0.25) is 0 Å². The molecule has 5 nitrogen and oxygen atoms in total. The molecule has 0 bridgehead atoms. The molecule has 0 radical (unpaired) electrons. The lowest BCUT2D eigenvalue weighted by molar-refractivity contribution is 0.108. The fraction of sp³-hybridized carbons (Fsp3) is 0.727. The zero-order valence-corrected chi connectivity index (χ0v) is 9.69. The van der Waals surface area contributed by atoms with Crippen LogP contribution >= 0.6 is 0 Å². The van der Waals surface area contributed by atoms with Crippen LogP contribution in [0.3, 0.4) is 0 Å². The van der Waals surface area contributed by atoms with Gasteiger partial charge in [0.05, 0.1) is 12.8 Å². The summed E-state index contributed by atoms with van der Waals surface area (Å²) < 4.78 is 5.02. The molecule has 0 aliphatic carbocycles. The maximum absolute atomic E-state index is 11.6. The summed E-state index contributed by atoms with van der Waals surface area (Å²) in [6, 6.07) is 0. The van der Waals surface area contributed by atoms with E-state index in [0.29, 0.717) is 12.8 Å². The summed E-state index contributed by atoms with van der Waals surface area (Å²) >= 11 is 0. The Labute approximate surface area is 96.0 Å². The van der Waals surface area contributed by atoms with Gasteiger partial charge in [0.25, 0.3) is 0 Å². The first-order chi connectivity index (χ1) is 7.81. The molecule has 1 amide bonds. The number of ether oxygens (including phenoxy) is 1. The number of hydrogen-bond acceptors (Lipinski definition) is 4. The summed E-state index contributed by atoms with van der Waals surface area (Å²) in [6.45, 7) is 5.67. The zero-order valence-electron chi connectivity index (χ0n) is 9.69. The van der Waals surface area contributed by atoms with Crippen molar-refractivity contribution in [2.45, 2.75) is 19.5 Å². The first kappa shape index (κ1) is 11.3. The van der Waals surface area contributed by atoms with Gasteiger partial charge in [-0.15, -0.1) is 0 Å². The smallest absolute Gasteiger partial charge is 0.409 e. The highest BCUT2D eigenvalue weighted by atomic mass is 16.6. The van der Waals surface area contributed by atoms with Crippen LogP contribution < -0.4 is 5.32 Å². The summed E-state index contributed by atoms with van der Waals surface area (Å²) in [5, 5.41) is 3.32. The number of carbonyl (C=O) groups is 1. The Hall–Kier alpha value is -1.23. The maximum atomic E-state index is 11.6. The second kappa shape index (κ2) is 5.21. The van der Waals surface area contributed by atoms with Crippen molar-refractivity contribution in [1.82, 2.24) is 15.1 Å². The van der Waals surface area contributed by atoms with Gasteiger partial charge in [-0.3, -0.25) is 4.90 Å². The van der Waals surface area contributed by atoms with Crippen LogP contribution in [0, 0.1) is 0 Å². The molecule has 0 aromatic rings. The van der Waals surface area contributed by atoms with Crippen molar-refractivity contribution >= 4 is 6.09 Å². The van der Waals surface area contributed by atoms with Crippen LogP contribution in [-0.4, -0.2) is 54.8 Å². The molecule has 0 saturated carbocycles. The molecule has 2 rings (SSSR count). The van der Waals surface area contributed by atoms with E-state index >= 15 is 0 Å². The quantitative estimate of drug-likeness (QED) is 0.709. The fourth-order valence-electron chi connectivity index (χ4n) is 2.15. The summed E-state index contributed by atoms with van der Waals surface area (Å²) in [7, 11) is 0. The molecule has 0 aromatic heterocycles. The number of carbonyl (C=O) groups excluding carboxylic acids is 1. The van der Waals surface area contributed by atoms with E-state index < -0.39 is 0 Å². The normalized spacial score (nSPS) is 25.6. The van der Waals surface area contributed by atoms with Crippen molar-refractivity contribution in [3.8, 4) is 0 Å². The molecule has 1 fully saturated rings. The second-order valence-electron chi connectivity index (χ2n) is 4.05. The minimum Gasteiger partial charge on any atom is -0.450 e. The van der Waals surface area contributed by atoms with Gasteiger partial charge in [-0.05, 0) is 19.5 Å². The predicted molar refractivity (Wildman–Crippen MR) is 60.8 cm³/mol. The third-order valence-electron chi connectivity index (χ3n) is 3.04. The number of nitrogens with one attached hydrogen (secondary N) is 1. The van der Waals surface area contributed by atoms with E-state index in [-0.39, 0.29) is 6.09 Å². The highest BCUT2D eigenvalue weighted by molar-refractivity contribution is 5.67. The molecule has 1 unspecified atom stereocenters. The van der Waals surface area contributed by atoms with E-state index in [0.717, 1.165) is 32.6 Å². The Morgan fingerprint density at radius 2 is 2.38 bits per heavy atom. The first-order valence-electron chi connectivity index (χ1n) is 5.88. The molecular formula is C11H19N3O2. The summed E-state index contributed by atoms with van der Waals surface area (Å²) in [5.41, 5.74) is 0. The highest BCUT2D eigenvalue weighted by Crippen LogP contribution is 2.12. The third kappa shape index (κ3) is 2.47. The third-order valence-corrected chi connectivity index (χ3v) is 3.04. The molecule has 16 heavy (non-hydrogen) atoms. The first-order valence-corrected chi connectivity index (χ1v) is 5.88. The molecule has 0 spiro atoms. The van der Waals surface area contributed by atoms with Crippen molar-refractivity contribution in [3.05, 3.63) is 12.3 Å². The summed E-state index contributed by atoms with van der Waals surface area (Å²) in [6.07, 6.45) is 5.24. The van der Waals surface area contributed by atoms with Crippen molar-refractivity contribution in [2.24, 2.45) is 0 Å². The van der Waals surface area contributed by atoms with E-state index in [1.165, 1.54) is 0 Å². The molecule has 2 heterocycles. The van der Waals surface area contributed by atoms with E-state index in [9.17, 15) is 4.79 Å². The van der Waals surface area contributed by atoms with Gasteiger partial charge in [-0.25, -0.2) is 4.79 Å². The number of rotatable bonds is 1. The minimum atomic E-state index is -0.185. The van der Waals surface area contributed by atoms with E-state index in [1.54, 1.807) is 4.90 Å². The standard InChI is InChI=1S/C11H19N3O2/c1-2-16-11(15)14-7-4-10-12-5-3-6-13(10)8-9-14/h3,5,10,12H,2,4,6-9H2,1H3. The largest absolute Gasteiger partial charge is 0.450 e. The lowest BCUT2D eigenvalue weighted by Gasteiger charge is -2.31. The average molecular weight is 225 g/mol. The van der Waals surface area contributed by atoms with Crippen LogP contribution in [0.4, 0.5) is 4.79 Å². The van der Waals surface area contributed by atoms with Crippen LogP contribution in [0.15, 0.2) is 12.3 Å². The Morgan fingerprint density at radius 1 is 1.50 bits per heavy atom. The van der Waals surface area contributed by atoms with Gasteiger partial charge in [-0.2, -0.15) is 0 Å². The molecule has 2 aliphatic rings. The van der Waals surface area contributed by atoms with Gasteiger partial charge in [0.1, 0.15) is 0 Å². The van der Waals surface area contributed by atoms with Crippen LogP contribution in [0.1, 0.15) is 13.3 Å². The van der Waals surface area contributed by atoms with Crippen molar-refractivity contribution in [2.75, 3.05) is 32.8 Å². The molecule has 5 heteroatoms. The Bertz CT molecular complexity index is 262. The van der Waals surface area contributed by atoms with Gasteiger partial charge < -0.3 is 15.0 Å². The van der Waals surface area contributed by atoms with Crippen molar-refractivity contribution in [1.29, 1.82) is 0 Å². The lowest BCUT2D eigenvalue weighted by Crippen LogP contribution is -2.46. The Kier molecular flexibility index (Phi) is 3.66. The monoisotopic (exact) mass is 225 g/mol. The van der Waals surface area contributed by atoms with E-state index in [2.05, 4.69) is 16.3 Å². The van der Waals surface area contributed by atoms with Crippen LogP contribution in [0.5, 0.6) is 0 Å². The summed E-state index contributed by atoms with van der Waals surface area (Å²) in [4.78, 5) is 15.7. The zero-order chi connectivity index (χ0) is 11.4. The number of fused-ring (bicyclic) bond motifs is 1. The van der Waals surface area contributed by atoms with E-state index in [1.807, 2.05) is 13.1 Å². The Morgan fingerprint density at radius 3 is 3.19 bits per heavy atom. The molecular weight excluding hydrogens is 206 g/mol. The van der Waals surface area contributed by atoms with Crippen LogP contribution in [-0.2, 0) is 4.74 Å². The predicted octanol–water partition coefficient (Wildman–Crippen LogP) is 0.594. The SMILES string of the molecule is CCOC(=O)N1CCC2NC=CCN2CC1. The molecule has 90 valence electrons. The molecule has 1 N–H and O–H groups in total. The minimum absolute atomic E-state index is 0.185. The molecule has 1 atom stereocenters. The number of amides is 1. The highest BCUT2D eigenvalue weighted by Gasteiger charge is 2.26. The van der Waals surface area contributed by atoms with Gasteiger partial charge >= 0.3 is 6.09 Å². The van der Waals surface area contributed by atoms with Crippen LogP contribution in [0.2, 0.25) is 0 Å². The van der Waals surface area contributed by atoms with Gasteiger partial charge in [0.15, 0.2) is 0 Å². The molecule has 2 aliphatic heterocycles. The van der Waals surface area contributed by atoms with Gasteiger partial charge in [-0.1, -0.05) is 6.08 Å². The lowest BCUT2D eigenvalue weighted by atomic mass is 10.2. The van der Waals surface area contributed by atoms with Crippen molar-refractivity contribution in [3.63, 3.8) is 0 Å². The Balaban J connectivity index is 1.91. The second-order valence-corrected chi connectivity index (χ2v) is 4.05. The topological polar surface area (TPSA) is 44.8 Å². The number of nitrogens with zero attached hydrogens (tertiary/aromatic N) is 2. The van der Waals surface area contributed by atoms with E-state index in [4.69, 9.17) is 4.74 Å². The maximum Gasteiger partial charge on any atom is 0.409 e. The number of hydrogen-bond donors (Lipinski definition) is 1. The van der Waals surface area contributed by atoms with Crippen LogP contribution in [0.25, 0.3) is 0 Å². The summed E-state index contributed by atoms with van der Waals surface area (Å²) in [5.74, 6) is 0. The van der Waals surface area contributed by atoms with Crippen molar-refractivity contribution < 1.29 is 9.53 Å². The average Bonchev–Trinajstić information content (AvgIpc) is 2.51.